The highest BCUT2D eigenvalue weighted by Crippen LogP contribution is 2.32. The van der Waals surface area contributed by atoms with Gasteiger partial charge in [-0.2, -0.15) is 0 Å². The second-order valence-corrected chi connectivity index (χ2v) is 7.50. The predicted molar refractivity (Wildman–Crippen MR) is 108 cm³/mol. The lowest BCUT2D eigenvalue weighted by molar-refractivity contribution is 0.163. The number of nitrogens with one attached hydrogen (secondary N) is 1. The van der Waals surface area contributed by atoms with E-state index in [1.54, 1.807) is 6.07 Å². The predicted octanol–water partition coefficient (Wildman–Crippen LogP) is 5.16. The van der Waals surface area contributed by atoms with Crippen molar-refractivity contribution in [3.8, 4) is 0 Å². The third kappa shape index (κ3) is 4.57. The number of benzene rings is 2. The minimum absolute atomic E-state index is 0.0832. The monoisotopic (exact) mass is 371 g/mol. The van der Waals surface area contributed by atoms with Crippen molar-refractivity contribution in [1.82, 2.24) is 9.80 Å². The van der Waals surface area contributed by atoms with Crippen molar-refractivity contribution >= 4 is 23.3 Å². The number of piperidine rings is 1. The summed E-state index contributed by atoms with van der Waals surface area (Å²) in [5, 5.41) is 3.52. The molecule has 5 heteroatoms. The van der Waals surface area contributed by atoms with Crippen LogP contribution >= 0.6 is 11.6 Å². The molecule has 0 unspecified atom stereocenters. The first-order valence-electron chi connectivity index (χ1n) is 9.10. The van der Waals surface area contributed by atoms with E-state index in [0.717, 1.165) is 32.4 Å². The molecule has 2 amide bonds. The lowest BCUT2D eigenvalue weighted by Crippen LogP contribution is -2.41. The van der Waals surface area contributed by atoms with Gasteiger partial charge in [-0.05, 0) is 56.6 Å². The molecule has 0 radical (unpaired) electrons. The van der Waals surface area contributed by atoms with Crippen LogP contribution in [0.4, 0.5) is 10.5 Å². The Kier molecular flexibility index (Phi) is 6.17. The minimum Gasteiger partial charge on any atom is -0.317 e. The molecule has 0 spiro atoms. The van der Waals surface area contributed by atoms with Gasteiger partial charge < -0.3 is 15.1 Å². The SMILES string of the molecule is CN(C)Cc1ccc([C@H]2CCCCN2C(=O)Nc2ccccc2Cl)cc1. The molecule has 1 aliphatic heterocycles. The summed E-state index contributed by atoms with van der Waals surface area (Å²) in [4.78, 5) is 17.0. The number of hydrogen-bond donors (Lipinski definition) is 1. The lowest BCUT2D eigenvalue weighted by Gasteiger charge is -2.36. The molecule has 4 nitrogen and oxygen atoms in total. The van der Waals surface area contributed by atoms with Gasteiger partial charge in [-0.25, -0.2) is 4.79 Å². The zero-order valence-corrected chi connectivity index (χ0v) is 16.2. The van der Waals surface area contributed by atoms with Gasteiger partial charge in [0.25, 0.3) is 0 Å². The second kappa shape index (κ2) is 8.56. The Bertz CT molecular complexity index is 745. The molecule has 1 aliphatic rings. The molecule has 0 saturated carbocycles. The number of likely N-dealkylation sites (tertiary alicyclic amines) is 1. The number of carbonyl (C=O) groups excluding carboxylic acids is 1. The molecular formula is C21H26ClN3O. The largest absolute Gasteiger partial charge is 0.322 e. The number of rotatable bonds is 4. The molecule has 0 aromatic heterocycles. The Labute approximate surface area is 160 Å². The van der Waals surface area contributed by atoms with Gasteiger partial charge in [-0.1, -0.05) is 48.0 Å². The molecule has 1 saturated heterocycles. The zero-order valence-electron chi connectivity index (χ0n) is 15.4. The first-order valence-corrected chi connectivity index (χ1v) is 9.48. The molecule has 1 N–H and O–H groups in total. The van der Waals surface area contributed by atoms with Crippen LogP contribution in [-0.4, -0.2) is 36.5 Å². The van der Waals surface area contributed by atoms with E-state index in [9.17, 15) is 4.79 Å². The molecule has 138 valence electrons. The molecule has 2 aromatic rings. The van der Waals surface area contributed by atoms with E-state index in [2.05, 4.69) is 48.6 Å². The van der Waals surface area contributed by atoms with Gasteiger partial charge in [-0.3, -0.25) is 0 Å². The van der Waals surface area contributed by atoms with Crippen LogP contribution in [0.15, 0.2) is 48.5 Å². The average molecular weight is 372 g/mol. The summed E-state index contributed by atoms with van der Waals surface area (Å²) in [6.07, 6.45) is 3.16. The van der Waals surface area contributed by atoms with Gasteiger partial charge in [0.15, 0.2) is 0 Å². The highest BCUT2D eigenvalue weighted by atomic mass is 35.5. The van der Waals surface area contributed by atoms with Crippen LogP contribution in [0.3, 0.4) is 0 Å². The average Bonchev–Trinajstić information content (AvgIpc) is 2.64. The highest BCUT2D eigenvalue weighted by molar-refractivity contribution is 6.33. The van der Waals surface area contributed by atoms with Gasteiger partial charge in [0.05, 0.1) is 16.8 Å². The lowest BCUT2D eigenvalue weighted by atomic mass is 9.95. The Balaban J connectivity index is 1.75. The molecule has 1 fully saturated rings. The number of amides is 2. The fourth-order valence-electron chi connectivity index (χ4n) is 3.48. The van der Waals surface area contributed by atoms with Crippen molar-refractivity contribution in [1.29, 1.82) is 0 Å². The van der Waals surface area contributed by atoms with Crippen LogP contribution in [0.2, 0.25) is 5.02 Å². The molecule has 0 aliphatic carbocycles. The Hall–Kier alpha value is -2.04. The first-order chi connectivity index (χ1) is 12.5. The van der Waals surface area contributed by atoms with Crippen LogP contribution in [-0.2, 0) is 6.54 Å². The molecular weight excluding hydrogens is 346 g/mol. The number of halogens is 1. The standard InChI is InChI=1S/C21H26ClN3O/c1-24(2)15-16-10-12-17(13-11-16)20-9-5-6-14-25(20)21(26)23-19-8-4-3-7-18(19)22/h3-4,7-8,10-13,20H,5-6,9,14-15H2,1-2H3,(H,23,26)/t20-/m1/s1. The summed E-state index contributed by atoms with van der Waals surface area (Å²) in [5.74, 6) is 0. The number of carbonyl (C=O) groups is 1. The number of urea groups is 1. The van der Waals surface area contributed by atoms with E-state index in [1.807, 2.05) is 23.1 Å². The normalized spacial score (nSPS) is 17.4. The van der Waals surface area contributed by atoms with Crippen molar-refractivity contribution in [3.05, 3.63) is 64.7 Å². The van der Waals surface area contributed by atoms with Gasteiger partial charge in [0.2, 0.25) is 0 Å². The molecule has 26 heavy (non-hydrogen) atoms. The minimum atomic E-state index is -0.0832. The summed E-state index contributed by atoms with van der Waals surface area (Å²) in [6.45, 7) is 1.68. The van der Waals surface area contributed by atoms with Crippen LogP contribution in [0, 0.1) is 0 Å². The molecule has 1 atom stereocenters. The Morgan fingerprint density at radius 3 is 2.58 bits per heavy atom. The second-order valence-electron chi connectivity index (χ2n) is 7.09. The van der Waals surface area contributed by atoms with E-state index in [4.69, 9.17) is 11.6 Å². The summed E-state index contributed by atoms with van der Waals surface area (Å²) in [6, 6.07) is 16.0. The quantitative estimate of drug-likeness (QED) is 0.805. The maximum Gasteiger partial charge on any atom is 0.322 e. The zero-order chi connectivity index (χ0) is 18.5. The van der Waals surface area contributed by atoms with E-state index in [0.29, 0.717) is 10.7 Å². The van der Waals surface area contributed by atoms with Crippen molar-refractivity contribution in [2.24, 2.45) is 0 Å². The van der Waals surface area contributed by atoms with Crippen LogP contribution in [0.25, 0.3) is 0 Å². The highest BCUT2D eigenvalue weighted by Gasteiger charge is 2.28. The number of para-hydroxylation sites is 1. The maximum absolute atomic E-state index is 12.9. The summed E-state index contributed by atoms with van der Waals surface area (Å²) in [5.41, 5.74) is 3.13. The van der Waals surface area contributed by atoms with Crippen molar-refractivity contribution in [2.45, 2.75) is 31.8 Å². The first kappa shape index (κ1) is 18.7. The van der Waals surface area contributed by atoms with Crippen LogP contribution in [0.5, 0.6) is 0 Å². The third-order valence-corrected chi connectivity index (χ3v) is 5.07. The van der Waals surface area contributed by atoms with E-state index >= 15 is 0 Å². The van der Waals surface area contributed by atoms with Gasteiger partial charge in [0.1, 0.15) is 0 Å². The van der Waals surface area contributed by atoms with E-state index < -0.39 is 0 Å². The van der Waals surface area contributed by atoms with Crippen LogP contribution in [0.1, 0.15) is 36.4 Å². The van der Waals surface area contributed by atoms with E-state index in [1.165, 1.54) is 11.1 Å². The summed E-state index contributed by atoms with van der Waals surface area (Å²) < 4.78 is 0. The third-order valence-electron chi connectivity index (χ3n) is 4.74. The number of anilines is 1. The van der Waals surface area contributed by atoms with Gasteiger partial charge in [0, 0.05) is 13.1 Å². The Morgan fingerprint density at radius 2 is 1.88 bits per heavy atom. The fraction of sp³-hybridized carbons (Fsp3) is 0.381. The summed E-state index contributed by atoms with van der Waals surface area (Å²) >= 11 is 6.18. The number of nitrogens with zero attached hydrogens (tertiary/aromatic N) is 2. The smallest absolute Gasteiger partial charge is 0.317 e. The molecule has 3 rings (SSSR count). The molecule has 2 aromatic carbocycles. The van der Waals surface area contributed by atoms with Crippen LogP contribution < -0.4 is 5.32 Å². The number of hydrogen-bond acceptors (Lipinski definition) is 2. The van der Waals surface area contributed by atoms with Gasteiger partial charge in [-0.15, -0.1) is 0 Å². The Morgan fingerprint density at radius 1 is 1.15 bits per heavy atom. The fourth-order valence-corrected chi connectivity index (χ4v) is 3.66. The van der Waals surface area contributed by atoms with Crippen molar-refractivity contribution < 1.29 is 4.79 Å². The molecule has 0 bridgehead atoms. The van der Waals surface area contributed by atoms with Crippen molar-refractivity contribution in [3.63, 3.8) is 0 Å². The van der Waals surface area contributed by atoms with Crippen molar-refractivity contribution in [2.75, 3.05) is 26.0 Å². The summed E-state index contributed by atoms with van der Waals surface area (Å²) in [7, 11) is 4.13. The topological polar surface area (TPSA) is 35.6 Å². The van der Waals surface area contributed by atoms with E-state index in [-0.39, 0.29) is 12.1 Å². The van der Waals surface area contributed by atoms with Gasteiger partial charge >= 0.3 is 6.03 Å². The molecule has 1 heterocycles. The maximum atomic E-state index is 12.9.